The lowest BCUT2D eigenvalue weighted by atomic mass is 9.88. The van der Waals surface area contributed by atoms with E-state index in [0.717, 1.165) is 12.8 Å². The highest BCUT2D eigenvalue weighted by atomic mass is 35.5. The molecule has 0 fully saturated rings. The summed E-state index contributed by atoms with van der Waals surface area (Å²) in [5.41, 5.74) is -0.535. The van der Waals surface area contributed by atoms with E-state index in [1.165, 1.54) is 26.4 Å². The summed E-state index contributed by atoms with van der Waals surface area (Å²) in [5, 5.41) is 0. The second-order valence-corrected chi connectivity index (χ2v) is 6.65. The van der Waals surface area contributed by atoms with E-state index in [1.807, 2.05) is 20.8 Å². The van der Waals surface area contributed by atoms with Gasteiger partial charge in [0.1, 0.15) is 5.60 Å². The summed E-state index contributed by atoms with van der Waals surface area (Å²) in [4.78, 5) is 24.0. The summed E-state index contributed by atoms with van der Waals surface area (Å²) < 4.78 is 10.2. The molecule has 0 aromatic rings. The number of halogens is 1. The average molecular weight is 337 g/mol. The Labute approximate surface area is 141 Å². The number of methoxy groups -OCH3 is 1. The molecule has 0 aliphatic rings. The van der Waals surface area contributed by atoms with Crippen LogP contribution in [0.1, 0.15) is 73.1 Å². The van der Waals surface area contributed by atoms with Gasteiger partial charge < -0.3 is 9.47 Å². The van der Waals surface area contributed by atoms with Crippen molar-refractivity contribution in [3.63, 3.8) is 0 Å². The van der Waals surface area contributed by atoms with Crippen molar-refractivity contribution < 1.29 is 19.1 Å². The lowest BCUT2D eigenvalue weighted by Crippen LogP contribution is -2.34. The minimum atomic E-state index is -0.535. The zero-order valence-corrected chi connectivity index (χ0v) is 15.8. The van der Waals surface area contributed by atoms with Gasteiger partial charge >= 0.3 is 11.9 Å². The summed E-state index contributed by atoms with van der Waals surface area (Å²) >= 11 is 0. The Morgan fingerprint density at radius 3 is 2.00 bits per heavy atom. The minimum absolute atomic E-state index is 0. The number of carbonyl (C=O) groups is 2. The van der Waals surface area contributed by atoms with Crippen LogP contribution in [0.5, 0.6) is 0 Å². The third-order valence-corrected chi connectivity index (χ3v) is 3.50. The Morgan fingerprint density at radius 1 is 1.00 bits per heavy atom. The lowest BCUT2D eigenvalue weighted by Gasteiger charge is -2.25. The Hall–Kier alpha value is -0.770. The lowest BCUT2D eigenvalue weighted by molar-refractivity contribution is -0.166. The zero-order chi connectivity index (χ0) is 16.5. The van der Waals surface area contributed by atoms with Crippen LogP contribution in [-0.4, -0.2) is 24.6 Å². The number of hydrogen-bond donors (Lipinski definition) is 0. The molecule has 22 heavy (non-hydrogen) atoms. The standard InChI is InChI=1S/C17H32O4.ClH/c1-7-8-9-10-11-12-14(16(19)20-6)13(2)15(18)21-17(3,4)5;/h13-14H,7-12H2,1-6H3;1H. The van der Waals surface area contributed by atoms with Crippen molar-refractivity contribution in [3.8, 4) is 0 Å². The van der Waals surface area contributed by atoms with Crippen molar-refractivity contribution in [1.29, 1.82) is 0 Å². The van der Waals surface area contributed by atoms with Crippen molar-refractivity contribution in [1.82, 2.24) is 0 Å². The van der Waals surface area contributed by atoms with Crippen molar-refractivity contribution in [2.45, 2.75) is 78.7 Å². The van der Waals surface area contributed by atoms with Gasteiger partial charge in [-0.25, -0.2) is 0 Å². The third kappa shape index (κ3) is 10.0. The summed E-state index contributed by atoms with van der Waals surface area (Å²) in [6.07, 6.45) is 6.27. The average Bonchev–Trinajstić information content (AvgIpc) is 2.39. The SMILES string of the molecule is CCCCCCCC(C(=O)OC)C(C)C(=O)OC(C)(C)C.Cl. The van der Waals surface area contributed by atoms with Gasteiger partial charge in [0.05, 0.1) is 18.9 Å². The molecule has 0 saturated carbocycles. The van der Waals surface area contributed by atoms with Crippen LogP contribution >= 0.6 is 12.4 Å². The van der Waals surface area contributed by atoms with E-state index in [2.05, 4.69) is 6.92 Å². The molecule has 4 nitrogen and oxygen atoms in total. The molecule has 0 saturated heterocycles. The molecule has 0 aromatic heterocycles. The Morgan fingerprint density at radius 2 is 1.55 bits per heavy atom. The fourth-order valence-corrected chi connectivity index (χ4v) is 2.25. The highest BCUT2D eigenvalue weighted by Gasteiger charge is 2.33. The van der Waals surface area contributed by atoms with Gasteiger partial charge in [-0.15, -0.1) is 12.4 Å². The normalized spacial score (nSPS) is 13.7. The maximum absolute atomic E-state index is 12.1. The first-order chi connectivity index (χ1) is 9.72. The first-order valence-electron chi connectivity index (χ1n) is 8.03. The Balaban J connectivity index is 0. The first-order valence-corrected chi connectivity index (χ1v) is 8.03. The van der Waals surface area contributed by atoms with Crippen molar-refractivity contribution in [3.05, 3.63) is 0 Å². The summed E-state index contributed by atoms with van der Waals surface area (Å²) in [5.74, 6) is -1.52. The second-order valence-electron chi connectivity index (χ2n) is 6.65. The summed E-state index contributed by atoms with van der Waals surface area (Å²) in [7, 11) is 1.37. The van der Waals surface area contributed by atoms with E-state index in [-0.39, 0.29) is 24.3 Å². The maximum atomic E-state index is 12.1. The minimum Gasteiger partial charge on any atom is -0.469 e. The Kier molecular flexibility index (Phi) is 12.6. The van der Waals surface area contributed by atoms with Gasteiger partial charge in [-0.05, 0) is 27.2 Å². The molecule has 5 heteroatoms. The van der Waals surface area contributed by atoms with Gasteiger partial charge in [0.15, 0.2) is 0 Å². The van der Waals surface area contributed by atoms with Gasteiger partial charge in [0.25, 0.3) is 0 Å². The number of unbranched alkanes of at least 4 members (excludes halogenated alkanes) is 4. The maximum Gasteiger partial charge on any atom is 0.310 e. The van der Waals surface area contributed by atoms with E-state index in [9.17, 15) is 9.59 Å². The van der Waals surface area contributed by atoms with Crippen LogP contribution in [-0.2, 0) is 19.1 Å². The Bertz CT molecular complexity index is 323. The van der Waals surface area contributed by atoms with Crippen molar-refractivity contribution in [2.24, 2.45) is 11.8 Å². The topological polar surface area (TPSA) is 52.6 Å². The van der Waals surface area contributed by atoms with Gasteiger partial charge in [0, 0.05) is 0 Å². The van der Waals surface area contributed by atoms with Crippen LogP contribution in [0.25, 0.3) is 0 Å². The van der Waals surface area contributed by atoms with E-state index >= 15 is 0 Å². The van der Waals surface area contributed by atoms with Crippen LogP contribution in [0, 0.1) is 11.8 Å². The summed E-state index contributed by atoms with van der Waals surface area (Å²) in [6.45, 7) is 9.41. The van der Waals surface area contributed by atoms with E-state index < -0.39 is 17.4 Å². The van der Waals surface area contributed by atoms with Crippen LogP contribution in [0.4, 0.5) is 0 Å². The van der Waals surface area contributed by atoms with Crippen LogP contribution in [0.15, 0.2) is 0 Å². The molecule has 0 aliphatic heterocycles. The number of rotatable bonds is 9. The quantitative estimate of drug-likeness (QED) is 0.458. The molecule has 0 rings (SSSR count). The molecule has 0 aromatic carbocycles. The fourth-order valence-electron chi connectivity index (χ4n) is 2.25. The number of ether oxygens (including phenoxy) is 2. The molecule has 2 unspecified atom stereocenters. The molecule has 0 bridgehead atoms. The number of esters is 2. The molecular weight excluding hydrogens is 304 g/mol. The predicted molar refractivity (Wildman–Crippen MR) is 91.1 cm³/mol. The van der Waals surface area contributed by atoms with Gasteiger partial charge in [-0.2, -0.15) is 0 Å². The van der Waals surface area contributed by atoms with Gasteiger partial charge in [-0.1, -0.05) is 46.0 Å². The molecule has 0 heterocycles. The summed E-state index contributed by atoms with van der Waals surface area (Å²) in [6, 6.07) is 0. The molecule has 2 atom stereocenters. The molecule has 132 valence electrons. The fraction of sp³-hybridized carbons (Fsp3) is 0.882. The molecule has 0 amide bonds. The van der Waals surface area contributed by atoms with Crippen LogP contribution in [0.2, 0.25) is 0 Å². The van der Waals surface area contributed by atoms with E-state index in [4.69, 9.17) is 9.47 Å². The number of carbonyl (C=O) groups excluding carboxylic acids is 2. The largest absolute Gasteiger partial charge is 0.469 e. The van der Waals surface area contributed by atoms with Crippen LogP contribution in [0.3, 0.4) is 0 Å². The highest BCUT2D eigenvalue weighted by molar-refractivity contribution is 5.85. The van der Waals surface area contributed by atoms with Gasteiger partial charge in [-0.3, -0.25) is 9.59 Å². The van der Waals surface area contributed by atoms with E-state index in [1.54, 1.807) is 6.92 Å². The molecule has 0 N–H and O–H groups in total. The van der Waals surface area contributed by atoms with Crippen LogP contribution < -0.4 is 0 Å². The molecule has 0 radical (unpaired) electrons. The van der Waals surface area contributed by atoms with Crippen molar-refractivity contribution >= 4 is 24.3 Å². The predicted octanol–water partition coefficient (Wildman–Crippen LogP) is 4.54. The number of hydrogen-bond acceptors (Lipinski definition) is 4. The van der Waals surface area contributed by atoms with E-state index in [0.29, 0.717) is 6.42 Å². The zero-order valence-electron chi connectivity index (χ0n) is 14.9. The smallest absolute Gasteiger partial charge is 0.310 e. The molecular formula is C17H33ClO4. The third-order valence-electron chi connectivity index (χ3n) is 3.50. The van der Waals surface area contributed by atoms with Gasteiger partial charge in [0.2, 0.25) is 0 Å². The molecule has 0 aliphatic carbocycles. The first kappa shape index (κ1) is 23.5. The monoisotopic (exact) mass is 336 g/mol. The van der Waals surface area contributed by atoms with Crippen molar-refractivity contribution in [2.75, 3.05) is 7.11 Å². The highest BCUT2D eigenvalue weighted by Crippen LogP contribution is 2.24. The second kappa shape index (κ2) is 11.8. The molecule has 0 spiro atoms.